The van der Waals surface area contributed by atoms with E-state index in [4.69, 9.17) is 37.4 Å². The van der Waals surface area contributed by atoms with E-state index in [-0.39, 0.29) is 6.61 Å². The van der Waals surface area contributed by atoms with Gasteiger partial charge < -0.3 is 14.2 Å². The van der Waals surface area contributed by atoms with Crippen molar-refractivity contribution in [2.24, 2.45) is 0 Å². The van der Waals surface area contributed by atoms with Gasteiger partial charge in [-0.3, -0.25) is 0 Å². The van der Waals surface area contributed by atoms with Gasteiger partial charge in [-0.15, -0.1) is 0 Å². The number of hydrogen-bond acceptors (Lipinski definition) is 4. The van der Waals surface area contributed by atoms with Crippen molar-refractivity contribution in [3.05, 3.63) is 56.0 Å². The lowest BCUT2D eigenvalue weighted by Crippen LogP contribution is -2.04. The lowest BCUT2D eigenvalue weighted by Gasteiger charge is -2.13. The smallest absolute Gasteiger partial charge is 0.339 e. The molecule has 0 unspecified atom stereocenters. The third kappa shape index (κ3) is 4.31. The highest BCUT2D eigenvalue weighted by atomic mass is 79.9. The Morgan fingerprint density at radius 2 is 1.83 bits per heavy atom. The van der Waals surface area contributed by atoms with Crippen molar-refractivity contribution in [2.45, 2.75) is 6.61 Å². The first-order valence-corrected chi connectivity index (χ1v) is 8.03. The van der Waals surface area contributed by atoms with E-state index in [0.29, 0.717) is 31.6 Å². The molecule has 0 bridgehead atoms. The molecule has 0 spiro atoms. The minimum atomic E-state index is -0.466. The Labute approximate surface area is 152 Å². The number of carbonyl (C=O) groups excluding carboxylic acids is 1. The number of ether oxygens (including phenoxy) is 3. The van der Waals surface area contributed by atoms with Crippen LogP contribution in [0, 0.1) is 0 Å². The van der Waals surface area contributed by atoms with Crippen LogP contribution in [-0.4, -0.2) is 20.2 Å². The molecule has 2 rings (SSSR count). The summed E-state index contributed by atoms with van der Waals surface area (Å²) >= 11 is 15.2. The van der Waals surface area contributed by atoms with Gasteiger partial charge in [-0.05, 0) is 45.8 Å². The SMILES string of the molecule is COC(=O)c1cc(OC)c(OCc2ccc(Cl)c(Cl)c2)cc1Br. The molecule has 0 atom stereocenters. The topological polar surface area (TPSA) is 44.8 Å². The fraction of sp³-hybridized carbons (Fsp3) is 0.188. The molecule has 2 aromatic rings. The standard InChI is InChI=1S/C16H13BrCl2O4/c1-21-14-6-10(16(20)22-2)11(17)7-15(14)23-8-9-3-4-12(18)13(19)5-9/h3-7H,8H2,1-2H3. The van der Waals surface area contributed by atoms with E-state index in [1.807, 2.05) is 6.07 Å². The Hall–Kier alpha value is -1.43. The van der Waals surface area contributed by atoms with E-state index >= 15 is 0 Å². The van der Waals surface area contributed by atoms with Gasteiger partial charge in [0.2, 0.25) is 0 Å². The van der Waals surface area contributed by atoms with E-state index in [9.17, 15) is 4.79 Å². The van der Waals surface area contributed by atoms with Gasteiger partial charge in [0.05, 0.1) is 29.8 Å². The number of carbonyl (C=O) groups is 1. The monoisotopic (exact) mass is 418 g/mol. The van der Waals surface area contributed by atoms with Gasteiger partial charge in [0.25, 0.3) is 0 Å². The average Bonchev–Trinajstić information content (AvgIpc) is 2.55. The van der Waals surface area contributed by atoms with Crippen molar-refractivity contribution >= 4 is 45.1 Å². The summed E-state index contributed by atoms with van der Waals surface area (Å²) in [5.41, 5.74) is 1.21. The molecule has 122 valence electrons. The van der Waals surface area contributed by atoms with Crippen LogP contribution in [0.4, 0.5) is 0 Å². The lowest BCUT2D eigenvalue weighted by molar-refractivity contribution is 0.0599. The Balaban J connectivity index is 2.23. The van der Waals surface area contributed by atoms with E-state index < -0.39 is 5.97 Å². The molecule has 0 saturated carbocycles. The molecule has 0 aliphatic carbocycles. The van der Waals surface area contributed by atoms with Gasteiger partial charge in [-0.2, -0.15) is 0 Å². The second-order valence-corrected chi connectivity index (χ2v) is 6.18. The summed E-state index contributed by atoms with van der Waals surface area (Å²) in [6.45, 7) is 0.275. The fourth-order valence-electron chi connectivity index (χ4n) is 1.86. The van der Waals surface area contributed by atoms with E-state index in [1.165, 1.54) is 14.2 Å². The molecule has 0 fully saturated rings. The molecule has 0 amide bonds. The Morgan fingerprint density at radius 3 is 2.43 bits per heavy atom. The average molecular weight is 420 g/mol. The van der Waals surface area contributed by atoms with Crippen molar-refractivity contribution < 1.29 is 19.0 Å². The zero-order valence-corrected chi connectivity index (χ0v) is 15.5. The van der Waals surface area contributed by atoms with Crippen molar-refractivity contribution in [3.63, 3.8) is 0 Å². The summed E-state index contributed by atoms with van der Waals surface area (Å²) in [5, 5.41) is 0.945. The van der Waals surface area contributed by atoms with Gasteiger partial charge in [-0.1, -0.05) is 29.3 Å². The van der Waals surface area contributed by atoms with Gasteiger partial charge in [0.1, 0.15) is 6.61 Å². The quantitative estimate of drug-likeness (QED) is 0.630. The summed E-state index contributed by atoms with van der Waals surface area (Å²) in [5.74, 6) is 0.443. The number of halogens is 3. The van der Waals surface area contributed by atoms with Crippen LogP contribution in [0.2, 0.25) is 10.0 Å². The van der Waals surface area contributed by atoms with Crippen LogP contribution in [0.15, 0.2) is 34.8 Å². The predicted molar refractivity (Wildman–Crippen MR) is 92.8 cm³/mol. The molecule has 0 radical (unpaired) electrons. The Bertz CT molecular complexity index is 734. The van der Waals surface area contributed by atoms with Crippen LogP contribution >= 0.6 is 39.1 Å². The number of rotatable bonds is 5. The summed E-state index contributed by atoms with van der Waals surface area (Å²) in [7, 11) is 2.81. The van der Waals surface area contributed by atoms with Crippen molar-refractivity contribution in [1.29, 1.82) is 0 Å². The minimum Gasteiger partial charge on any atom is -0.493 e. The molecule has 0 aliphatic heterocycles. The minimum absolute atomic E-state index is 0.275. The molecule has 7 heteroatoms. The summed E-state index contributed by atoms with van der Waals surface area (Å²) < 4.78 is 16.3. The molecular weight excluding hydrogens is 407 g/mol. The first-order chi connectivity index (χ1) is 11.0. The molecule has 2 aromatic carbocycles. The zero-order valence-electron chi connectivity index (χ0n) is 12.4. The van der Waals surface area contributed by atoms with E-state index in [2.05, 4.69) is 15.9 Å². The zero-order chi connectivity index (χ0) is 17.0. The first kappa shape index (κ1) is 17.9. The third-order valence-electron chi connectivity index (χ3n) is 3.04. The molecule has 0 aromatic heterocycles. The highest BCUT2D eigenvalue weighted by Gasteiger charge is 2.16. The predicted octanol–water partition coefficient (Wildman–Crippen LogP) is 5.13. The summed E-state index contributed by atoms with van der Waals surface area (Å²) in [6.07, 6.45) is 0. The maximum Gasteiger partial charge on any atom is 0.339 e. The van der Waals surface area contributed by atoms with Gasteiger partial charge in [0.15, 0.2) is 11.5 Å². The van der Waals surface area contributed by atoms with E-state index in [1.54, 1.807) is 24.3 Å². The number of esters is 1. The second-order valence-electron chi connectivity index (χ2n) is 4.51. The van der Waals surface area contributed by atoms with Crippen LogP contribution < -0.4 is 9.47 Å². The maximum absolute atomic E-state index is 11.7. The molecule has 23 heavy (non-hydrogen) atoms. The lowest BCUT2D eigenvalue weighted by atomic mass is 10.2. The molecule has 0 aliphatic rings. The van der Waals surface area contributed by atoms with E-state index in [0.717, 1.165) is 5.56 Å². The van der Waals surface area contributed by atoms with Crippen LogP contribution in [-0.2, 0) is 11.3 Å². The largest absolute Gasteiger partial charge is 0.493 e. The highest BCUT2D eigenvalue weighted by Crippen LogP contribution is 2.34. The summed E-state index contributed by atoms with van der Waals surface area (Å²) in [4.78, 5) is 11.7. The normalized spacial score (nSPS) is 10.3. The Kier molecular flexibility index (Phi) is 6.16. The molecule has 0 saturated heterocycles. The number of methoxy groups -OCH3 is 2. The molecule has 4 nitrogen and oxygen atoms in total. The fourth-order valence-corrected chi connectivity index (χ4v) is 2.67. The third-order valence-corrected chi connectivity index (χ3v) is 4.43. The molecule has 0 heterocycles. The van der Waals surface area contributed by atoms with Gasteiger partial charge in [-0.25, -0.2) is 4.79 Å². The van der Waals surface area contributed by atoms with Crippen molar-refractivity contribution in [3.8, 4) is 11.5 Å². The van der Waals surface area contributed by atoms with Crippen LogP contribution in [0.25, 0.3) is 0 Å². The highest BCUT2D eigenvalue weighted by molar-refractivity contribution is 9.10. The number of hydrogen-bond donors (Lipinski definition) is 0. The van der Waals surface area contributed by atoms with Crippen molar-refractivity contribution in [1.82, 2.24) is 0 Å². The Morgan fingerprint density at radius 1 is 1.09 bits per heavy atom. The number of benzene rings is 2. The maximum atomic E-state index is 11.7. The van der Waals surface area contributed by atoms with Gasteiger partial charge in [0, 0.05) is 4.47 Å². The van der Waals surface area contributed by atoms with Crippen molar-refractivity contribution in [2.75, 3.05) is 14.2 Å². The molecule has 0 N–H and O–H groups in total. The first-order valence-electron chi connectivity index (χ1n) is 6.48. The van der Waals surface area contributed by atoms with Crippen LogP contribution in [0.1, 0.15) is 15.9 Å². The summed E-state index contributed by atoms with van der Waals surface area (Å²) in [6, 6.07) is 8.46. The second kappa shape index (κ2) is 7.90. The van der Waals surface area contributed by atoms with Gasteiger partial charge >= 0.3 is 5.97 Å². The molecular formula is C16H13BrCl2O4. The van der Waals surface area contributed by atoms with Crippen LogP contribution in [0.5, 0.6) is 11.5 Å². The van der Waals surface area contributed by atoms with Crippen LogP contribution in [0.3, 0.4) is 0 Å².